The molecule has 1 fully saturated rings. The molecule has 0 aromatic heterocycles. The summed E-state index contributed by atoms with van der Waals surface area (Å²) in [5.74, 6) is 0. The maximum absolute atomic E-state index is 9.70. The summed E-state index contributed by atoms with van der Waals surface area (Å²) in [6.45, 7) is -2.16. The van der Waals surface area contributed by atoms with Crippen molar-refractivity contribution in [3.05, 3.63) is 0 Å². The van der Waals surface area contributed by atoms with Crippen molar-refractivity contribution in [3.8, 4) is 0 Å². The van der Waals surface area contributed by atoms with Crippen LogP contribution in [0.15, 0.2) is 0 Å². The van der Waals surface area contributed by atoms with Crippen LogP contribution in [-0.2, 0) is 9.47 Å². The molecule has 11 heteroatoms. The highest BCUT2D eigenvalue weighted by Gasteiger charge is 2.44. The maximum Gasteiger partial charge on any atom is 0.186 e. The van der Waals surface area contributed by atoms with E-state index in [0.29, 0.717) is 0 Å². The van der Waals surface area contributed by atoms with E-state index in [1.807, 2.05) is 0 Å². The highest BCUT2D eigenvalue weighted by atomic mass is 16.7. The molecule has 11 nitrogen and oxygen atoms in total. The molecular weight excluding hydrogens is 320 g/mol. The molecular formula is C12H24O11. The fourth-order valence-corrected chi connectivity index (χ4v) is 2.06. The SMILES string of the molecule is OC[C@@H](O)[C@@H](O)[C@@H](O)[C@H](O)CO[C@H]1O[C@H](CO)[C@H](O)[C@@H](O)[C@@H]1O. The van der Waals surface area contributed by atoms with Crippen LogP contribution in [0.4, 0.5) is 0 Å². The molecule has 138 valence electrons. The first-order valence-electron chi connectivity index (χ1n) is 6.99. The normalized spacial score (nSPS) is 37.2. The lowest BCUT2D eigenvalue weighted by Gasteiger charge is -2.40. The van der Waals surface area contributed by atoms with E-state index in [4.69, 9.17) is 19.7 Å². The molecule has 9 atom stereocenters. The minimum atomic E-state index is -1.86. The van der Waals surface area contributed by atoms with Crippen LogP contribution in [0.25, 0.3) is 0 Å². The Bertz CT molecular complexity index is 341. The average Bonchev–Trinajstić information content (AvgIpc) is 2.56. The first-order valence-corrected chi connectivity index (χ1v) is 6.99. The van der Waals surface area contributed by atoms with Gasteiger partial charge in [0.05, 0.1) is 19.8 Å². The number of hydrogen-bond donors (Lipinski definition) is 9. The first kappa shape index (κ1) is 20.6. The van der Waals surface area contributed by atoms with Gasteiger partial charge >= 0.3 is 0 Å². The maximum atomic E-state index is 9.70. The van der Waals surface area contributed by atoms with Crippen molar-refractivity contribution in [2.45, 2.75) is 55.1 Å². The lowest BCUT2D eigenvalue weighted by molar-refractivity contribution is -0.306. The van der Waals surface area contributed by atoms with Crippen molar-refractivity contribution in [1.82, 2.24) is 0 Å². The van der Waals surface area contributed by atoms with Gasteiger partial charge in [0.2, 0.25) is 0 Å². The number of ether oxygens (including phenoxy) is 2. The van der Waals surface area contributed by atoms with Crippen LogP contribution in [0.2, 0.25) is 0 Å². The third kappa shape index (κ3) is 5.01. The van der Waals surface area contributed by atoms with Crippen molar-refractivity contribution in [2.24, 2.45) is 0 Å². The topological polar surface area (TPSA) is 201 Å². The fourth-order valence-electron chi connectivity index (χ4n) is 2.06. The van der Waals surface area contributed by atoms with E-state index in [0.717, 1.165) is 0 Å². The Morgan fingerprint density at radius 1 is 0.826 bits per heavy atom. The summed E-state index contributed by atoms with van der Waals surface area (Å²) in [5.41, 5.74) is 0. The van der Waals surface area contributed by atoms with Crippen molar-refractivity contribution in [3.63, 3.8) is 0 Å². The van der Waals surface area contributed by atoms with E-state index in [1.165, 1.54) is 0 Å². The predicted molar refractivity (Wildman–Crippen MR) is 70.8 cm³/mol. The second-order valence-electron chi connectivity index (χ2n) is 5.33. The number of hydrogen-bond acceptors (Lipinski definition) is 11. The summed E-state index contributed by atoms with van der Waals surface area (Å²) in [5, 5.41) is 84.4. The van der Waals surface area contributed by atoms with Crippen LogP contribution < -0.4 is 0 Å². The third-order valence-corrected chi connectivity index (χ3v) is 3.61. The second kappa shape index (κ2) is 9.15. The summed E-state index contributed by atoms with van der Waals surface area (Å²) in [6.07, 6.45) is -14.7. The Labute approximate surface area is 131 Å². The van der Waals surface area contributed by atoms with Gasteiger partial charge in [-0.25, -0.2) is 0 Å². The van der Waals surface area contributed by atoms with Gasteiger partial charge in [0, 0.05) is 0 Å². The van der Waals surface area contributed by atoms with Gasteiger partial charge in [0.25, 0.3) is 0 Å². The van der Waals surface area contributed by atoms with E-state index in [1.54, 1.807) is 0 Å². The quantitative estimate of drug-likeness (QED) is 0.203. The summed E-state index contributed by atoms with van der Waals surface area (Å²) in [7, 11) is 0. The van der Waals surface area contributed by atoms with Crippen LogP contribution in [0, 0.1) is 0 Å². The average molecular weight is 344 g/mol. The molecule has 1 rings (SSSR count). The Kier molecular flexibility index (Phi) is 8.20. The highest BCUT2D eigenvalue weighted by Crippen LogP contribution is 2.22. The van der Waals surface area contributed by atoms with Crippen LogP contribution in [0.3, 0.4) is 0 Å². The molecule has 0 amide bonds. The molecule has 1 aliphatic rings. The Balaban J connectivity index is 2.55. The molecule has 1 heterocycles. The third-order valence-electron chi connectivity index (χ3n) is 3.61. The van der Waals surface area contributed by atoms with Gasteiger partial charge < -0.3 is 55.4 Å². The largest absolute Gasteiger partial charge is 0.394 e. The van der Waals surface area contributed by atoms with Gasteiger partial charge in [0.1, 0.15) is 48.8 Å². The molecule has 0 spiro atoms. The molecule has 23 heavy (non-hydrogen) atoms. The van der Waals surface area contributed by atoms with E-state index < -0.39 is 74.9 Å². The van der Waals surface area contributed by atoms with Crippen molar-refractivity contribution in [1.29, 1.82) is 0 Å². The first-order chi connectivity index (χ1) is 10.7. The van der Waals surface area contributed by atoms with Crippen molar-refractivity contribution >= 4 is 0 Å². The molecule has 1 aliphatic heterocycles. The van der Waals surface area contributed by atoms with E-state index in [-0.39, 0.29) is 0 Å². The smallest absolute Gasteiger partial charge is 0.186 e. The number of aliphatic hydroxyl groups is 9. The van der Waals surface area contributed by atoms with E-state index >= 15 is 0 Å². The zero-order chi connectivity index (χ0) is 17.7. The number of rotatable bonds is 8. The minimum absolute atomic E-state index is 0.655. The van der Waals surface area contributed by atoms with Gasteiger partial charge in [-0.1, -0.05) is 0 Å². The van der Waals surface area contributed by atoms with Crippen LogP contribution in [-0.4, -0.2) is 121 Å². The summed E-state index contributed by atoms with van der Waals surface area (Å²) >= 11 is 0. The summed E-state index contributed by atoms with van der Waals surface area (Å²) < 4.78 is 9.99. The Hall–Kier alpha value is -0.440. The fraction of sp³-hybridized carbons (Fsp3) is 1.00. The molecule has 0 aromatic rings. The minimum Gasteiger partial charge on any atom is -0.394 e. The lowest BCUT2D eigenvalue weighted by Crippen LogP contribution is -2.59. The molecule has 0 bridgehead atoms. The van der Waals surface area contributed by atoms with Crippen LogP contribution in [0.1, 0.15) is 0 Å². The zero-order valence-electron chi connectivity index (χ0n) is 12.2. The van der Waals surface area contributed by atoms with Gasteiger partial charge in [-0.15, -0.1) is 0 Å². The molecule has 0 aliphatic carbocycles. The summed E-state index contributed by atoms with van der Waals surface area (Å²) in [4.78, 5) is 0. The van der Waals surface area contributed by atoms with Crippen LogP contribution in [0.5, 0.6) is 0 Å². The Morgan fingerprint density at radius 2 is 1.39 bits per heavy atom. The lowest BCUT2D eigenvalue weighted by atomic mass is 9.99. The molecule has 1 saturated heterocycles. The van der Waals surface area contributed by atoms with Crippen molar-refractivity contribution < 1.29 is 55.4 Å². The second-order valence-corrected chi connectivity index (χ2v) is 5.33. The molecule has 9 N–H and O–H groups in total. The van der Waals surface area contributed by atoms with E-state index in [9.17, 15) is 35.7 Å². The molecule has 0 radical (unpaired) electrons. The van der Waals surface area contributed by atoms with Gasteiger partial charge in [-0.2, -0.15) is 0 Å². The van der Waals surface area contributed by atoms with Gasteiger partial charge in [-0.3, -0.25) is 0 Å². The highest BCUT2D eigenvalue weighted by molar-refractivity contribution is 4.89. The van der Waals surface area contributed by atoms with Crippen LogP contribution >= 0.6 is 0 Å². The zero-order valence-corrected chi connectivity index (χ0v) is 12.2. The Morgan fingerprint density at radius 3 is 1.91 bits per heavy atom. The number of aliphatic hydroxyl groups excluding tert-OH is 9. The molecule has 0 saturated carbocycles. The molecule has 0 aromatic carbocycles. The van der Waals surface area contributed by atoms with Gasteiger partial charge in [-0.05, 0) is 0 Å². The molecule has 0 unspecified atom stereocenters. The van der Waals surface area contributed by atoms with Gasteiger partial charge in [0.15, 0.2) is 6.29 Å². The monoisotopic (exact) mass is 344 g/mol. The summed E-state index contributed by atoms with van der Waals surface area (Å²) in [6, 6.07) is 0. The van der Waals surface area contributed by atoms with E-state index in [2.05, 4.69) is 0 Å². The standard InChI is InChI=1S/C12H24O11/c13-1-4(15)7(17)8(18)5(16)3-22-12-11(21)10(20)9(19)6(2-14)23-12/h4-21H,1-3H2/t4-,5-,6-,7-,8+,9+,10-,11+,12+/m1/s1. The van der Waals surface area contributed by atoms with Crippen molar-refractivity contribution in [2.75, 3.05) is 19.8 Å². The predicted octanol–water partition coefficient (Wildman–Crippen LogP) is -5.76.